The maximum absolute atomic E-state index is 10.8. The van der Waals surface area contributed by atoms with Crippen molar-refractivity contribution < 1.29 is 9.59 Å². The molecule has 1 fully saturated rings. The van der Waals surface area contributed by atoms with Gasteiger partial charge in [-0.3, -0.25) is 14.5 Å². The zero-order valence-corrected chi connectivity index (χ0v) is 9.11. The number of nitrogens with two attached hydrogens (primary N) is 2. The number of amides is 2. The Morgan fingerprint density at radius 1 is 1.25 bits per heavy atom. The van der Waals surface area contributed by atoms with Crippen molar-refractivity contribution in [1.29, 1.82) is 5.26 Å². The van der Waals surface area contributed by atoms with Gasteiger partial charge in [0, 0.05) is 13.0 Å². The SMILES string of the molecule is N#CCC1(CN(CC(N)=O)CC(N)=O)CC1. The molecule has 0 unspecified atom stereocenters. The summed E-state index contributed by atoms with van der Waals surface area (Å²) in [4.78, 5) is 23.3. The summed E-state index contributed by atoms with van der Waals surface area (Å²) in [6.45, 7) is 0.554. The van der Waals surface area contributed by atoms with E-state index in [4.69, 9.17) is 16.7 Å². The molecule has 6 nitrogen and oxygen atoms in total. The predicted octanol–water partition coefficient (Wildman–Crippen LogP) is -1.05. The normalized spacial score (nSPS) is 16.8. The Hall–Kier alpha value is -1.61. The Bertz CT molecular complexity index is 314. The van der Waals surface area contributed by atoms with Gasteiger partial charge in [-0.15, -0.1) is 0 Å². The number of hydrogen-bond donors (Lipinski definition) is 2. The molecule has 0 aromatic heterocycles. The highest BCUT2D eigenvalue weighted by Crippen LogP contribution is 2.49. The minimum Gasteiger partial charge on any atom is -0.369 e. The number of carbonyl (C=O) groups is 2. The minimum atomic E-state index is -0.492. The van der Waals surface area contributed by atoms with E-state index in [-0.39, 0.29) is 18.5 Å². The van der Waals surface area contributed by atoms with E-state index >= 15 is 0 Å². The first-order valence-electron chi connectivity index (χ1n) is 5.13. The van der Waals surface area contributed by atoms with E-state index in [1.54, 1.807) is 4.90 Å². The maximum atomic E-state index is 10.8. The van der Waals surface area contributed by atoms with E-state index in [0.717, 1.165) is 12.8 Å². The molecule has 0 saturated heterocycles. The lowest BCUT2D eigenvalue weighted by atomic mass is 10.0. The standard InChI is InChI=1S/C10H16N4O2/c11-4-3-10(1-2-10)7-14(5-8(12)15)6-9(13)16/h1-3,5-7H2,(H2,12,15)(H2,13,16). The number of carbonyl (C=O) groups excluding carboxylic acids is 2. The summed E-state index contributed by atoms with van der Waals surface area (Å²) in [6.07, 6.45) is 2.35. The molecule has 4 N–H and O–H groups in total. The molecule has 0 radical (unpaired) electrons. The highest BCUT2D eigenvalue weighted by Gasteiger charge is 2.43. The van der Waals surface area contributed by atoms with Crippen LogP contribution in [0, 0.1) is 16.7 Å². The second kappa shape index (κ2) is 4.94. The van der Waals surface area contributed by atoms with Crippen molar-refractivity contribution in [2.24, 2.45) is 16.9 Å². The maximum Gasteiger partial charge on any atom is 0.231 e. The molecule has 0 atom stereocenters. The number of hydrogen-bond acceptors (Lipinski definition) is 4. The van der Waals surface area contributed by atoms with Crippen LogP contribution >= 0.6 is 0 Å². The molecule has 0 aromatic carbocycles. The number of rotatable bonds is 7. The third-order valence-electron chi connectivity index (χ3n) is 2.73. The van der Waals surface area contributed by atoms with Crippen LogP contribution in [0.1, 0.15) is 19.3 Å². The molecule has 0 aromatic rings. The van der Waals surface area contributed by atoms with Crippen LogP contribution in [0.4, 0.5) is 0 Å². The minimum absolute atomic E-state index is 0.0100. The first-order chi connectivity index (χ1) is 7.47. The summed E-state index contributed by atoms with van der Waals surface area (Å²) in [6, 6.07) is 2.12. The molecule has 0 bridgehead atoms. The highest BCUT2D eigenvalue weighted by molar-refractivity contribution is 5.79. The molecule has 6 heteroatoms. The van der Waals surface area contributed by atoms with Crippen molar-refractivity contribution in [2.45, 2.75) is 19.3 Å². The van der Waals surface area contributed by atoms with Crippen molar-refractivity contribution in [3.63, 3.8) is 0 Å². The topological polar surface area (TPSA) is 113 Å². The van der Waals surface area contributed by atoms with Crippen LogP contribution in [0.15, 0.2) is 0 Å². The molecule has 1 rings (SSSR count). The van der Waals surface area contributed by atoms with E-state index in [9.17, 15) is 9.59 Å². The fourth-order valence-corrected chi connectivity index (χ4v) is 1.82. The molecular weight excluding hydrogens is 208 g/mol. The Kier molecular flexibility index (Phi) is 3.85. The Morgan fingerprint density at radius 2 is 1.75 bits per heavy atom. The Morgan fingerprint density at radius 3 is 2.06 bits per heavy atom. The van der Waals surface area contributed by atoms with Crippen molar-refractivity contribution in [3.8, 4) is 6.07 Å². The summed E-state index contributed by atoms with van der Waals surface area (Å²) >= 11 is 0. The second-order valence-electron chi connectivity index (χ2n) is 4.41. The van der Waals surface area contributed by atoms with Gasteiger partial charge in [-0.2, -0.15) is 5.26 Å². The molecule has 1 aliphatic rings. The summed E-state index contributed by atoms with van der Waals surface area (Å²) in [5.41, 5.74) is 10.1. The monoisotopic (exact) mass is 224 g/mol. The van der Waals surface area contributed by atoms with Gasteiger partial charge in [0.05, 0.1) is 19.2 Å². The summed E-state index contributed by atoms with van der Waals surface area (Å²) in [5, 5.41) is 8.67. The zero-order valence-electron chi connectivity index (χ0n) is 9.11. The first kappa shape index (κ1) is 12.5. The molecule has 16 heavy (non-hydrogen) atoms. The predicted molar refractivity (Wildman–Crippen MR) is 56.7 cm³/mol. The van der Waals surface area contributed by atoms with Crippen LogP contribution in [-0.4, -0.2) is 36.3 Å². The molecule has 88 valence electrons. The molecule has 0 aliphatic heterocycles. The van der Waals surface area contributed by atoms with Gasteiger partial charge in [0.2, 0.25) is 11.8 Å². The molecule has 0 spiro atoms. The number of primary amides is 2. The second-order valence-corrected chi connectivity index (χ2v) is 4.41. The lowest BCUT2D eigenvalue weighted by Gasteiger charge is -2.23. The van der Waals surface area contributed by atoms with Crippen LogP contribution in [0.3, 0.4) is 0 Å². The van der Waals surface area contributed by atoms with Crippen LogP contribution in [0.2, 0.25) is 0 Å². The van der Waals surface area contributed by atoms with Gasteiger partial charge in [0.25, 0.3) is 0 Å². The van der Waals surface area contributed by atoms with Gasteiger partial charge in [-0.1, -0.05) is 0 Å². The molecule has 1 saturated carbocycles. The van der Waals surface area contributed by atoms with Gasteiger partial charge >= 0.3 is 0 Å². The van der Waals surface area contributed by atoms with Crippen molar-refractivity contribution in [3.05, 3.63) is 0 Å². The third-order valence-corrected chi connectivity index (χ3v) is 2.73. The zero-order chi connectivity index (χ0) is 12.2. The lowest BCUT2D eigenvalue weighted by Crippen LogP contribution is -2.42. The van der Waals surface area contributed by atoms with E-state index in [2.05, 4.69) is 6.07 Å². The third kappa shape index (κ3) is 3.87. The molecule has 0 heterocycles. The van der Waals surface area contributed by atoms with E-state index in [0.29, 0.717) is 13.0 Å². The number of nitriles is 1. The summed E-state index contributed by atoms with van der Waals surface area (Å²) in [5.74, 6) is -0.983. The van der Waals surface area contributed by atoms with Crippen LogP contribution in [0.5, 0.6) is 0 Å². The molecule has 2 amide bonds. The van der Waals surface area contributed by atoms with Gasteiger partial charge in [0.15, 0.2) is 0 Å². The Labute approximate surface area is 94.2 Å². The smallest absolute Gasteiger partial charge is 0.231 e. The van der Waals surface area contributed by atoms with Crippen molar-refractivity contribution in [1.82, 2.24) is 4.90 Å². The van der Waals surface area contributed by atoms with E-state index in [1.165, 1.54) is 0 Å². The fraction of sp³-hybridized carbons (Fsp3) is 0.700. The molecular formula is C10H16N4O2. The number of nitrogens with zero attached hydrogens (tertiary/aromatic N) is 2. The van der Waals surface area contributed by atoms with Crippen molar-refractivity contribution >= 4 is 11.8 Å². The fourth-order valence-electron chi connectivity index (χ4n) is 1.82. The quantitative estimate of drug-likeness (QED) is 0.574. The average molecular weight is 224 g/mol. The first-order valence-corrected chi connectivity index (χ1v) is 5.13. The van der Waals surface area contributed by atoms with Gasteiger partial charge in [-0.05, 0) is 18.3 Å². The van der Waals surface area contributed by atoms with E-state index < -0.39 is 11.8 Å². The Balaban J connectivity index is 2.53. The summed E-state index contributed by atoms with van der Waals surface area (Å²) < 4.78 is 0. The van der Waals surface area contributed by atoms with Gasteiger partial charge in [0.1, 0.15) is 0 Å². The summed E-state index contributed by atoms with van der Waals surface area (Å²) in [7, 11) is 0. The lowest BCUT2D eigenvalue weighted by molar-refractivity contribution is -0.122. The van der Waals surface area contributed by atoms with Gasteiger partial charge < -0.3 is 11.5 Å². The molecule has 1 aliphatic carbocycles. The van der Waals surface area contributed by atoms with Crippen LogP contribution < -0.4 is 11.5 Å². The van der Waals surface area contributed by atoms with Gasteiger partial charge in [-0.25, -0.2) is 0 Å². The van der Waals surface area contributed by atoms with Crippen molar-refractivity contribution in [2.75, 3.05) is 19.6 Å². The average Bonchev–Trinajstić information content (AvgIpc) is 2.82. The highest BCUT2D eigenvalue weighted by atomic mass is 16.2. The largest absolute Gasteiger partial charge is 0.369 e. The van der Waals surface area contributed by atoms with Crippen LogP contribution in [0.25, 0.3) is 0 Å². The van der Waals surface area contributed by atoms with Crippen LogP contribution in [-0.2, 0) is 9.59 Å². The van der Waals surface area contributed by atoms with E-state index in [1.807, 2.05) is 0 Å².